The normalized spacial score (nSPS) is 16.0. The Labute approximate surface area is 177 Å². The Morgan fingerprint density at radius 3 is 2.13 bits per heavy atom. The summed E-state index contributed by atoms with van der Waals surface area (Å²) >= 11 is 0. The Morgan fingerprint density at radius 2 is 1.60 bits per heavy atom. The molecule has 0 aliphatic carbocycles. The second kappa shape index (κ2) is 8.48. The third-order valence-corrected chi connectivity index (χ3v) is 9.10. The largest absolute Gasteiger partial charge is 0.340 e. The van der Waals surface area contributed by atoms with Crippen molar-refractivity contribution in [2.75, 3.05) is 31.9 Å². The first kappa shape index (κ1) is 22.4. The van der Waals surface area contributed by atoms with Crippen LogP contribution in [0.25, 0.3) is 0 Å². The summed E-state index contributed by atoms with van der Waals surface area (Å²) in [5, 5.41) is 3.99. The molecule has 0 bridgehead atoms. The van der Waals surface area contributed by atoms with Gasteiger partial charge in [-0.2, -0.15) is 9.40 Å². The van der Waals surface area contributed by atoms with Crippen LogP contribution in [0.5, 0.6) is 0 Å². The molecule has 0 atom stereocenters. The predicted octanol–water partition coefficient (Wildman–Crippen LogP) is 0.734. The van der Waals surface area contributed by atoms with Crippen LogP contribution in [-0.2, 0) is 31.7 Å². The van der Waals surface area contributed by atoms with Crippen molar-refractivity contribution in [2.24, 2.45) is 7.05 Å². The third kappa shape index (κ3) is 4.57. The van der Waals surface area contributed by atoms with Gasteiger partial charge in [0.15, 0.2) is 9.84 Å². The van der Waals surface area contributed by atoms with E-state index < -0.39 is 19.9 Å². The van der Waals surface area contributed by atoms with Gasteiger partial charge in [0.05, 0.1) is 22.5 Å². The fourth-order valence-corrected chi connectivity index (χ4v) is 6.13. The Kier molecular flexibility index (Phi) is 6.34. The van der Waals surface area contributed by atoms with E-state index in [-0.39, 0.29) is 54.1 Å². The van der Waals surface area contributed by atoms with Crippen molar-refractivity contribution in [3.63, 3.8) is 0 Å². The number of nitrogens with zero attached hydrogens (tertiary/aromatic N) is 4. The first-order valence-electron chi connectivity index (χ1n) is 9.58. The highest BCUT2D eigenvalue weighted by Crippen LogP contribution is 2.21. The molecule has 0 unspecified atom stereocenters. The Bertz CT molecular complexity index is 1130. The van der Waals surface area contributed by atoms with Crippen LogP contribution in [-0.4, -0.2) is 73.7 Å². The smallest absolute Gasteiger partial charge is 0.246 e. The molecule has 11 heteroatoms. The Balaban J connectivity index is 1.58. The minimum atomic E-state index is -3.68. The molecule has 0 saturated carbocycles. The third-order valence-electron chi connectivity index (χ3n) is 5.36. The molecular weight excluding hydrogens is 428 g/mol. The van der Waals surface area contributed by atoms with E-state index in [1.807, 2.05) is 6.92 Å². The first-order chi connectivity index (χ1) is 14.0. The van der Waals surface area contributed by atoms with Gasteiger partial charge in [0.1, 0.15) is 4.90 Å². The lowest BCUT2D eigenvalue weighted by Gasteiger charge is -2.34. The van der Waals surface area contributed by atoms with Crippen molar-refractivity contribution in [1.82, 2.24) is 19.0 Å². The summed E-state index contributed by atoms with van der Waals surface area (Å²) in [4.78, 5) is 14.4. The van der Waals surface area contributed by atoms with Crippen molar-refractivity contribution in [1.29, 1.82) is 0 Å². The maximum atomic E-state index is 12.8. The number of amides is 1. The minimum Gasteiger partial charge on any atom is -0.340 e. The number of piperazine rings is 1. The summed E-state index contributed by atoms with van der Waals surface area (Å²) in [7, 11) is -5.55. The number of carbonyl (C=O) groups is 1. The molecule has 0 spiro atoms. The Morgan fingerprint density at radius 1 is 1.00 bits per heavy atom. The summed E-state index contributed by atoms with van der Waals surface area (Å²) in [6, 6.07) is 6.52. The first-order valence-corrected chi connectivity index (χ1v) is 12.7. The molecule has 164 valence electrons. The van der Waals surface area contributed by atoms with E-state index in [0.29, 0.717) is 5.69 Å². The lowest BCUT2D eigenvalue weighted by atomic mass is 10.2. The average Bonchev–Trinajstić information content (AvgIpc) is 3.06. The average molecular weight is 455 g/mol. The summed E-state index contributed by atoms with van der Waals surface area (Å²) in [5.41, 5.74) is 1.51. The fraction of sp³-hybridized carbons (Fsp3) is 0.474. The fourth-order valence-electron chi connectivity index (χ4n) is 3.29. The lowest BCUT2D eigenvalue weighted by molar-refractivity contribution is -0.131. The topological polar surface area (TPSA) is 110 Å². The SMILES string of the molecule is Cc1ccc(S(=O)(=O)CCC(=O)N2CCN(S(=O)(=O)c3cnn(C)c3C)CC2)cc1. The lowest BCUT2D eigenvalue weighted by Crippen LogP contribution is -2.50. The number of aromatic nitrogens is 2. The zero-order chi connectivity index (χ0) is 22.1. The zero-order valence-corrected chi connectivity index (χ0v) is 18.9. The summed E-state index contributed by atoms with van der Waals surface area (Å²) in [5.74, 6) is -0.567. The molecule has 30 heavy (non-hydrogen) atoms. The van der Waals surface area contributed by atoms with E-state index in [2.05, 4.69) is 5.10 Å². The van der Waals surface area contributed by atoms with Gasteiger partial charge in [-0.15, -0.1) is 0 Å². The van der Waals surface area contributed by atoms with Crippen LogP contribution >= 0.6 is 0 Å². The highest BCUT2D eigenvalue weighted by Gasteiger charge is 2.32. The molecule has 1 aromatic carbocycles. The molecule has 3 rings (SSSR count). The monoisotopic (exact) mass is 454 g/mol. The van der Waals surface area contributed by atoms with Gasteiger partial charge >= 0.3 is 0 Å². The molecule has 2 heterocycles. The molecule has 1 aromatic heterocycles. The van der Waals surface area contributed by atoms with E-state index in [1.165, 1.54) is 20.1 Å². The molecule has 1 aliphatic rings. The van der Waals surface area contributed by atoms with Gasteiger partial charge in [-0.05, 0) is 26.0 Å². The second-order valence-corrected chi connectivity index (χ2v) is 11.4. The minimum absolute atomic E-state index is 0.134. The van der Waals surface area contributed by atoms with Crippen LogP contribution < -0.4 is 0 Å². The van der Waals surface area contributed by atoms with Crippen molar-refractivity contribution >= 4 is 25.8 Å². The number of hydrogen-bond acceptors (Lipinski definition) is 6. The summed E-state index contributed by atoms with van der Waals surface area (Å²) in [6.07, 6.45) is 1.20. The molecule has 0 radical (unpaired) electrons. The molecule has 2 aromatic rings. The van der Waals surface area contributed by atoms with Crippen molar-refractivity contribution in [3.05, 3.63) is 41.7 Å². The quantitative estimate of drug-likeness (QED) is 0.637. The maximum absolute atomic E-state index is 12.8. The zero-order valence-electron chi connectivity index (χ0n) is 17.3. The molecule has 1 amide bonds. The Hall–Kier alpha value is -2.24. The van der Waals surface area contributed by atoms with E-state index >= 15 is 0 Å². The van der Waals surface area contributed by atoms with Gasteiger partial charge in [0.2, 0.25) is 15.9 Å². The van der Waals surface area contributed by atoms with Crippen molar-refractivity contribution in [3.8, 4) is 0 Å². The maximum Gasteiger partial charge on any atom is 0.246 e. The standard InChI is InChI=1S/C19H26N4O5S2/c1-15-4-6-17(7-5-15)29(25,26)13-8-19(24)22-9-11-23(12-10-22)30(27,28)18-14-20-21(3)16(18)2/h4-7,14H,8-13H2,1-3H3. The van der Waals surface area contributed by atoms with Gasteiger partial charge in [-0.1, -0.05) is 17.7 Å². The number of aryl methyl sites for hydroxylation is 2. The van der Waals surface area contributed by atoms with Crippen LogP contribution in [0.4, 0.5) is 0 Å². The highest BCUT2D eigenvalue weighted by molar-refractivity contribution is 7.91. The van der Waals surface area contributed by atoms with Crippen LogP contribution in [0.2, 0.25) is 0 Å². The number of sulfone groups is 1. The molecule has 1 saturated heterocycles. The van der Waals surface area contributed by atoms with Gasteiger partial charge in [-0.3, -0.25) is 9.48 Å². The highest BCUT2D eigenvalue weighted by atomic mass is 32.2. The van der Waals surface area contributed by atoms with E-state index in [9.17, 15) is 21.6 Å². The molecule has 0 N–H and O–H groups in total. The summed E-state index contributed by atoms with van der Waals surface area (Å²) < 4.78 is 53.4. The predicted molar refractivity (Wildman–Crippen MR) is 111 cm³/mol. The van der Waals surface area contributed by atoms with Gasteiger partial charge in [0.25, 0.3) is 0 Å². The van der Waals surface area contributed by atoms with Crippen LogP contribution in [0.1, 0.15) is 17.7 Å². The van der Waals surface area contributed by atoms with Gasteiger partial charge in [-0.25, -0.2) is 16.8 Å². The molecule has 1 aliphatic heterocycles. The number of carbonyl (C=O) groups excluding carboxylic acids is 1. The molecule has 1 fully saturated rings. The number of hydrogen-bond donors (Lipinski definition) is 0. The van der Waals surface area contributed by atoms with Gasteiger partial charge < -0.3 is 4.90 Å². The summed E-state index contributed by atoms with van der Waals surface area (Å²) in [6.45, 7) is 4.33. The van der Waals surface area contributed by atoms with Gasteiger partial charge in [0, 0.05) is 39.6 Å². The number of sulfonamides is 1. The van der Waals surface area contributed by atoms with E-state index in [4.69, 9.17) is 0 Å². The number of benzene rings is 1. The molecular formula is C19H26N4O5S2. The van der Waals surface area contributed by atoms with Crippen molar-refractivity contribution in [2.45, 2.75) is 30.1 Å². The number of rotatable bonds is 6. The molecule has 9 nitrogen and oxygen atoms in total. The van der Waals surface area contributed by atoms with Crippen LogP contribution in [0, 0.1) is 13.8 Å². The second-order valence-electron chi connectivity index (χ2n) is 7.38. The van der Waals surface area contributed by atoms with Crippen LogP contribution in [0.3, 0.4) is 0 Å². The van der Waals surface area contributed by atoms with E-state index in [0.717, 1.165) is 5.56 Å². The van der Waals surface area contributed by atoms with Crippen LogP contribution in [0.15, 0.2) is 40.3 Å². The van der Waals surface area contributed by atoms with Crippen molar-refractivity contribution < 1.29 is 21.6 Å². The van der Waals surface area contributed by atoms with E-state index in [1.54, 1.807) is 38.2 Å².